The Labute approximate surface area is 165 Å². The van der Waals surface area contributed by atoms with Gasteiger partial charge in [0, 0.05) is 44.7 Å². The summed E-state index contributed by atoms with van der Waals surface area (Å²) in [4.78, 5) is 55.9. The van der Waals surface area contributed by atoms with Crippen molar-refractivity contribution in [3.05, 3.63) is 0 Å². The maximum absolute atomic E-state index is 12.8. The first-order valence-corrected chi connectivity index (χ1v) is 10.2. The number of likely N-dealkylation sites (tertiary alicyclic amines) is 1. The molecule has 1 saturated carbocycles. The second kappa shape index (κ2) is 7.35. The van der Waals surface area contributed by atoms with Crippen LogP contribution >= 0.6 is 0 Å². The fourth-order valence-electron chi connectivity index (χ4n) is 4.56. The molecule has 154 valence electrons. The first-order chi connectivity index (χ1) is 13.4. The van der Waals surface area contributed by atoms with Gasteiger partial charge in [0.05, 0.1) is 6.54 Å². The molecule has 3 aliphatic heterocycles. The zero-order valence-electron chi connectivity index (χ0n) is 16.5. The van der Waals surface area contributed by atoms with Crippen molar-refractivity contribution in [2.45, 2.75) is 37.6 Å². The van der Waals surface area contributed by atoms with Crippen molar-refractivity contribution < 1.29 is 19.2 Å². The average Bonchev–Trinajstić information content (AvgIpc) is 3.46. The number of carbonyl (C=O) groups is 4. The van der Waals surface area contributed by atoms with E-state index < -0.39 is 6.03 Å². The number of piperazine rings is 1. The second-order valence-electron chi connectivity index (χ2n) is 8.63. The van der Waals surface area contributed by atoms with Gasteiger partial charge in [-0.3, -0.25) is 24.2 Å². The lowest BCUT2D eigenvalue weighted by Crippen LogP contribution is -2.63. The predicted octanol–water partition coefficient (Wildman–Crippen LogP) is -0.526. The van der Waals surface area contributed by atoms with Crippen molar-refractivity contribution in [3.8, 4) is 0 Å². The number of hydrogen-bond donors (Lipinski definition) is 1. The number of imide groups is 1. The molecule has 4 rings (SSSR count). The van der Waals surface area contributed by atoms with Crippen LogP contribution in [0.3, 0.4) is 0 Å². The van der Waals surface area contributed by atoms with Gasteiger partial charge in [0.1, 0.15) is 6.54 Å². The van der Waals surface area contributed by atoms with Gasteiger partial charge in [0.25, 0.3) is 5.91 Å². The molecule has 4 fully saturated rings. The summed E-state index contributed by atoms with van der Waals surface area (Å²) in [6.45, 7) is 3.18. The van der Waals surface area contributed by atoms with Crippen LogP contribution in [0.2, 0.25) is 0 Å². The summed E-state index contributed by atoms with van der Waals surface area (Å²) in [5.41, 5.74) is -0.223. The van der Waals surface area contributed by atoms with Crippen molar-refractivity contribution in [3.63, 3.8) is 0 Å². The minimum absolute atomic E-state index is 0.0439. The molecule has 3 saturated heterocycles. The molecule has 1 aliphatic carbocycles. The van der Waals surface area contributed by atoms with Crippen LogP contribution in [0.15, 0.2) is 0 Å². The van der Waals surface area contributed by atoms with Crippen LogP contribution in [-0.2, 0) is 14.4 Å². The number of nitrogens with zero attached hydrogens (tertiary/aromatic N) is 4. The standard InChI is InChI=1S/C19H29N5O4/c1-21-8-9-23(17(27)12-24-16(26)10-20-18(24)28)13-19(21)5-4-15(25)22(7-6-19)11-14-2-3-14/h14H,2-13H2,1H3,(H,20,28)/t19-/m0/s1. The van der Waals surface area contributed by atoms with Gasteiger partial charge in [-0.1, -0.05) is 0 Å². The Kier molecular flexibility index (Phi) is 5.03. The van der Waals surface area contributed by atoms with Gasteiger partial charge in [-0.2, -0.15) is 0 Å². The van der Waals surface area contributed by atoms with Crippen molar-refractivity contribution in [2.75, 3.05) is 52.9 Å². The first-order valence-electron chi connectivity index (χ1n) is 10.2. The Bertz CT molecular complexity index is 678. The van der Waals surface area contributed by atoms with Crippen LogP contribution < -0.4 is 5.32 Å². The molecule has 9 heteroatoms. The summed E-state index contributed by atoms with van der Waals surface area (Å²) in [6, 6.07) is -0.502. The summed E-state index contributed by atoms with van der Waals surface area (Å²) < 4.78 is 0. The fraction of sp³-hybridized carbons (Fsp3) is 0.789. The van der Waals surface area contributed by atoms with E-state index in [4.69, 9.17) is 0 Å². The molecular formula is C19H29N5O4. The number of hydrogen-bond acceptors (Lipinski definition) is 5. The second-order valence-corrected chi connectivity index (χ2v) is 8.63. The largest absolute Gasteiger partial charge is 0.342 e. The molecule has 0 aromatic rings. The number of amides is 5. The van der Waals surface area contributed by atoms with Gasteiger partial charge in [-0.05, 0) is 38.6 Å². The highest BCUT2D eigenvalue weighted by Gasteiger charge is 2.44. The minimum atomic E-state index is -0.502. The summed E-state index contributed by atoms with van der Waals surface area (Å²) in [6.07, 6.45) is 4.52. The number of nitrogens with one attached hydrogen (secondary N) is 1. The van der Waals surface area contributed by atoms with Gasteiger partial charge >= 0.3 is 6.03 Å². The Balaban J connectivity index is 1.42. The van der Waals surface area contributed by atoms with Gasteiger partial charge in [-0.25, -0.2) is 4.79 Å². The summed E-state index contributed by atoms with van der Waals surface area (Å²) in [7, 11) is 2.07. The smallest absolute Gasteiger partial charge is 0.325 e. The van der Waals surface area contributed by atoms with Gasteiger partial charge in [-0.15, -0.1) is 0 Å². The molecule has 5 amide bonds. The van der Waals surface area contributed by atoms with Gasteiger partial charge < -0.3 is 15.1 Å². The highest BCUT2D eigenvalue weighted by Crippen LogP contribution is 2.35. The van der Waals surface area contributed by atoms with Crippen LogP contribution in [-0.4, -0.2) is 102 Å². The third-order valence-electron chi connectivity index (χ3n) is 6.76. The Hall–Kier alpha value is -2.16. The van der Waals surface area contributed by atoms with E-state index in [1.165, 1.54) is 12.8 Å². The van der Waals surface area contributed by atoms with E-state index in [0.717, 1.165) is 37.4 Å². The van der Waals surface area contributed by atoms with Gasteiger partial charge in [0.15, 0.2) is 0 Å². The molecule has 3 heterocycles. The first kappa shape index (κ1) is 19.2. The molecule has 1 spiro atoms. The molecule has 0 radical (unpaired) electrons. The lowest BCUT2D eigenvalue weighted by Gasteiger charge is -2.49. The monoisotopic (exact) mass is 391 g/mol. The van der Waals surface area contributed by atoms with E-state index in [1.54, 1.807) is 4.90 Å². The quantitative estimate of drug-likeness (QED) is 0.651. The van der Waals surface area contributed by atoms with E-state index in [9.17, 15) is 19.2 Å². The average molecular weight is 391 g/mol. The Morgan fingerprint density at radius 3 is 2.57 bits per heavy atom. The zero-order valence-corrected chi connectivity index (χ0v) is 16.5. The topological polar surface area (TPSA) is 93.3 Å². The number of urea groups is 1. The lowest BCUT2D eigenvalue weighted by atomic mass is 9.86. The molecule has 9 nitrogen and oxygen atoms in total. The third-order valence-corrected chi connectivity index (χ3v) is 6.76. The van der Waals surface area contributed by atoms with E-state index in [-0.39, 0.29) is 36.3 Å². The van der Waals surface area contributed by atoms with Gasteiger partial charge in [0.2, 0.25) is 11.8 Å². The molecule has 28 heavy (non-hydrogen) atoms. The normalized spacial score (nSPS) is 29.5. The van der Waals surface area contributed by atoms with E-state index in [0.29, 0.717) is 25.4 Å². The maximum atomic E-state index is 12.8. The van der Waals surface area contributed by atoms with Crippen molar-refractivity contribution in [2.24, 2.45) is 5.92 Å². The summed E-state index contributed by atoms with van der Waals surface area (Å²) in [5, 5.41) is 2.45. The summed E-state index contributed by atoms with van der Waals surface area (Å²) >= 11 is 0. The Morgan fingerprint density at radius 1 is 1.11 bits per heavy atom. The molecule has 0 aromatic heterocycles. The number of carbonyl (C=O) groups excluding carboxylic acids is 4. The number of likely N-dealkylation sites (N-methyl/N-ethyl adjacent to an activating group) is 1. The highest BCUT2D eigenvalue weighted by atomic mass is 16.2. The van der Waals surface area contributed by atoms with Crippen molar-refractivity contribution >= 4 is 23.8 Å². The van der Waals surface area contributed by atoms with E-state index in [1.807, 2.05) is 4.90 Å². The molecule has 0 bridgehead atoms. The lowest BCUT2D eigenvalue weighted by molar-refractivity contribution is -0.140. The molecule has 1 atom stereocenters. The number of rotatable bonds is 4. The molecule has 0 aromatic carbocycles. The van der Waals surface area contributed by atoms with Crippen LogP contribution in [0.1, 0.15) is 32.1 Å². The van der Waals surface area contributed by atoms with E-state index in [2.05, 4.69) is 17.3 Å². The predicted molar refractivity (Wildman–Crippen MR) is 100 cm³/mol. The van der Waals surface area contributed by atoms with E-state index >= 15 is 0 Å². The zero-order chi connectivity index (χ0) is 19.9. The maximum Gasteiger partial charge on any atom is 0.325 e. The third kappa shape index (κ3) is 3.72. The molecule has 1 N–H and O–H groups in total. The van der Waals surface area contributed by atoms with Crippen molar-refractivity contribution in [1.82, 2.24) is 24.9 Å². The van der Waals surface area contributed by atoms with Crippen LogP contribution in [0.5, 0.6) is 0 Å². The molecular weight excluding hydrogens is 362 g/mol. The van der Waals surface area contributed by atoms with Crippen molar-refractivity contribution in [1.29, 1.82) is 0 Å². The summed E-state index contributed by atoms with van der Waals surface area (Å²) in [5.74, 6) is 0.325. The molecule has 0 unspecified atom stereocenters. The highest BCUT2D eigenvalue weighted by molar-refractivity contribution is 6.04. The van der Waals surface area contributed by atoms with Crippen LogP contribution in [0.25, 0.3) is 0 Å². The fourth-order valence-corrected chi connectivity index (χ4v) is 4.56. The minimum Gasteiger partial charge on any atom is -0.342 e. The van der Waals surface area contributed by atoms with Crippen LogP contribution in [0.4, 0.5) is 4.79 Å². The molecule has 4 aliphatic rings. The van der Waals surface area contributed by atoms with Crippen LogP contribution in [0, 0.1) is 5.92 Å². The SMILES string of the molecule is CN1CCN(C(=O)CN2C(=O)CNC2=O)C[C@@]12CCC(=O)N(CC1CC1)CC2. The Morgan fingerprint density at radius 2 is 1.89 bits per heavy atom.